The molecule has 0 aliphatic carbocycles. The Bertz CT molecular complexity index is 1260. The molecule has 0 saturated carbocycles. The molecule has 5 rings (SSSR count). The molecule has 1 heterocycles. The van der Waals surface area contributed by atoms with E-state index in [0.29, 0.717) is 12.2 Å². The van der Waals surface area contributed by atoms with Crippen LogP contribution in [0.15, 0.2) is 97.0 Å². The Morgan fingerprint density at radius 1 is 0.781 bits per heavy atom. The third-order valence-corrected chi connectivity index (χ3v) is 5.65. The van der Waals surface area contributed by atoms with Crippen molar-refractivity contribution < 1.29 is 9.53 Å². The van der Waals surface area contributed by atoms with Gasteiger partial charge in [0.1, 0.15) is 0 Å². The van der Waals surface area contributed by atoms with Crippen molar-refractivity contribution in [3.63, 3.8) is 0 Å². The van der Waals surface area contributed by atoms with Gasteiger partial charge in [-0.25, -0.2) is 4.79 Å². The van der Waals surface area contributed by atoms with Gasteiger partial charge in [-0.1, -0.05) is 72.7 Å². The highest BCUT2D eigenvalue weighted by molar-refractivity contribution is 6.73. The molecule has 0 radical (unpaired) electrons. The number of ether oxygens (including phenoxy) is 1. The van der Waals surface area contributed by atoms with E-state index in [-0.39, 0.29) is 13.0 Å². The Morgan fingerprint density at radius 2 is 1.38 bits per heavy atom. The second kappa shape index (κ2) is 8.63. The molecule has 1 aliphatic rings. The SMILES string of the molecule is CCOC(=O)c1ccc(/C(=C\B2Nc3cccc4cccc(c34)N2)c2ccccc2)cc1. The minimum atomic E-state index is -0.301. The maximum absolute atomic E-state index is 12.1. The van der Waals surface area contributed by atoms with Gasteiger partial charge in [0.25, 0.3) is 0 Å². The lowest BCUT2D eigenvalue weighted by Gasteiger charge is -2.25. The molecule has 1 aliphatic heterocycles. The lowest BCUT2D eigenvalue weighted by molar-refractivity contribution is 0.0526. The normalized spacial score (nSPS) is 12.8. The van der Waals surface area contributed by atoms with Crippen LogP contribution in [0.3, 0.4) is 0 Å². The lowest BCUT2D eigenvalue weighted by atomic mass is 9.70. The number of benzene rings is 4. The largest absolute Gasteiger partial charge is 0.462 e. The van der Waals surface area contributed by atoms with Gasteiger partial charge >= 0.3 is 13.0 Å². The standard InChI is InChI=1S/C27H23BN2O2/c1-2-32-27(31)22-16-14-20(15-17-22)23(19-8-4-3-5-9-19)18-28-29-24-12-6-10-21-11-7-13-25(30-28)26(21)24/h3-18,29-30H,2H2,1H3/b23-18-. The Morgan fingerprint density at radius 3 is 2.00 bits per heavy atom. The number of rotatable bonds is 5. The minimum Gasteiger partial charge on any atom is -0.462 e. The van der Waals surface area contributed by atoms with Crippen LogP contribution in [0, 0.1) is 0 Å². The smallest absolute Gasteiger partial charge is 0.399 e. The zero-order valence-electron chi connectivity index (χ0n) is 17.8. The molecule has 0 spiro atoms. The van der Waals surface area contributed by atoms with Gasteiger partial charge in [0.05, 0.1) is 12.2 Å². The average molecular weight is 418 g/mol. The Labute approximate surface area is 188 Å². The third-order valence-electron chi connectivity index (χ3n) is 5.65. The Kier molecular flexibility index (Phi) is 5.38. The third kappa shape index (κ3) is 3.85. The summed E-state index contributed by atoms with van der Waals surface area (Å²) in [5.41, 5.74) is 6.00. The van der Waals surface area contributed by atoms with Gasteiger partial charge in [-0.3, -0.25) is 0 Å². The van der Waals surface area contributed by atoms with Gasteiger partial charge < -0.3 is 15.2 Å². The molecule has 156 valence electrons. The lowest BCUT2D eigenvalue weighted by Crippen LogP contribution is -2.35. The fourth-order valence-electron chi connectivity index (χ4n) is 4.18. The molecule has 4 nitrogen and oxygen atoms in total. The van der Waals surface area contributed by atoms with E-state index in [0.717, 1.165) is 28.1 Å². The number of hydrogen-bond donors (Lipinski definition) is 2. The first kappa shape index (κ1) is 19.9. The molecule has 0 bridgehead atoms. The predicted octanol–water partition coefficient (Wildman–Crippen LogP) is 6.01. The summed E-state index contributed by atoms with van der Waals surface area (Å²) in [4.78, 5) is 12.1. The van der Waals surface area contributed by atoms with Gasteiger partial charge in [-0.2, -0.15) is 0 Å². The molecule has 0 unspecified atom stereocenters. The van der Waals surface area contributed by atoms with Crippen LogP contribution >= 0.6 is 0 Å². The summed E-state index contributed by atoms with van der Waals surface area (Å²) in [7, 11) is 0. The zero-order valence-corrected chi connectivity index (χ0v) is 17.8. The monoisotopic (exact) mass is 418 g/mol. The van der Waals surface area contributed by atoms with Gasteiger partial charge in [0.15, 0.2) is 0 Å². The second-order valence-electron chi connectivity index (χ2n) is 7.72. The molecular formula is C27H23BN2O2. The van der Waals surface area contributed by atoms with Gasteiger partial charge in [0, 0.05) is 16.8 Å². The first-order chi connectivity index (χ1) is 15.7. The topological polar surface area (TPSA) is 50.4 Å². The fraction of sp³-hybridized carbons (Fsp3) is 0.0741. The molecule has 2 N–H and O–H groups in total. The fourth-order valence-corrected chi connectivity index (χ4v) is 4.18. The van der Waals surface area contributed by atoms with Crippen molar-refractivity contribution in [2.75, 3.05) is 17.1 Å². The van der Waals surface area contributed by atoms with Crippen LogP contribution in [-0.4, -0.2) is 19.6 Å². The number of carbonyl (C=O) groups excluding carboxylic acids is 1. The van der Waals surface area contributed by atoms with Crippen molar-refractivity contribution in [1.29, 1.82) is 0 Å². The Balaban J connectivity index is 1.53. The maximum Gasteiger partial charge on any atom is 0.399 e. The molecule has 4 aromatic rings. The number of esters is 1. The van der Waals surface area contributed by atoms with Crippen LogP contribution in [-0.2, 0) is 4.74 Å². The zero-order chi connectivity index (χ0) is 21.9. The molecule has 4 aromatic carbocycles. The van der Waals surface area contributed by atoms with Crippen molar-refractivity contribution in [2.24, 2.45) is 0 Å². The van der Waals surface area contributed by atoms with Crippen LogP contribution in [0.2, 0.25) is 0 Å². The highest BCUT2D eigenvalue weighted by Crippen LogP contribution is 2.35. The van der Waals surface area contributed by atoms with E-state index >= 15 is 0 Å². The first-order valence-electron chi connectivity index (χ1n) is 10.8. The van der Waals surface area contributed by atoms with Crippen LogP contribution in [0.5, 0.6) is 0 Å². The highest BCUT2D eigenvalue weighted by atomic mass is 16.5. The van der Waals surface area contributed by atoms with Crippen LogP contribution < -0.4 is 10.5 Å². The summed E-state index contributed by atoms with van der Waals surface area (Å²) in [6, 6.07) is 30.5. The van der Waals surface area contributed by atoms with Crippen molar-refractivity contribution in [2.45, 2.75) is 6.92 Å². The molecule has 0 fully saturated rings. The minimum absolute atomic E-state index is 0.0876. The average Bonchev–Trinajstić information content (AvgIpc) is 2.84. The van der Waals surface area contributed by atoms with E-state index in [2.05, 4.69) is 65.0 Å². The van der Waals surface area contributed by atoms with E-state index < -0.39 is 0 Å². The van der Waals surface area contributed by atoms with Gasteiger partial charge in [0.2, 0.25) is 0 Å². The second-order valence-corrected chi connectivity index (χ2v) is 7.72. The van der Waals surface area contributed by atoms with E-state index in [1.807, 2.05) is 49.4 Å². The summed E-state index contributed by atoms with van der Waals surface area (Å²) < 4.78 is 5.12. The van der Waals surface area contributed by atoms with Crippen molar-refractivity contribution in [3.8, 4) is 0 Å². The van der Waals surface area contributed by atoms with E-state index in [1.165, 1.54) is 10.8 Å². The van der Waals surface area contributed by atoms with Crippen molar-refractivity contribution in [3.05, 3.63) is 114 Å². The van der Waals surface area contributed by atoms with Crippen LogP contribution in [0.25, 0.3) is 16.3 Å². The van der Waals surface area contributed by atoms with Crippen molar-refractivity contribution >= 4 is 40.7 Å². The number of carbonyl (C=O) groups is 1. The summed E-state index contributed by atoms with van der Waals surface area (Å²) in [6.07, 6.45) is 0. The number of hydrogen-bond acceptors (Lipinski definition) is 4. The van der Waals surface area contributed by atoms with Crippen LogP contribution in [0.4, 0.5) is 11.4 Å². The number of anilines is 2. The quantitative estimate of drug-likeness (QED) is 0.308. The van der Waals surface area contributed by atoms with E-state index in [4.69, 9.17) is 4.74 Å². The van der Waals surface area contributed by atoms with Gasteiger partial charge in [-0.15, -0.1) is 0 Å². The molecule has 32 heavy (non-hydrogen) atoms. The van der Waals surface area contributed by atoms with Crippen LogP contribution in [0.1, 0.15) is 28.4 Å². The summed E-state index contributed by atoms with van der Waals surface area (Å²) in [5.74, 6) is 1.90. The molecule has 0 aromatic heterocycles. The Hall–Kier alpha value is -3.99. The molecule has 0 amide bonds. The summed E-state index contributed by atoms with van der Waals surface area (Å²) in [5, 5.41) is 9.65. The molecule has 0 atom stereocenters. The predicted molar refractivity (Wildman–Crippen MR) is 133 cm³/mol. The van der Waals surface area contributed by atoms with E-state index in [1.54, 1.807) is 0 Å². The number of nitrogens with one attached hydrogen (secondary N) is 2. The molecule has 5 heteroatoms. The van der Waals surface area contributed by atoms with Gasteiger partial charge in [-0.05, 0) is 53.3 Å². The first-order valence-corrected chi connectivity index (χ1v) is 10.8. The van der Waals surface area contributed by atoms with E-state index in [9.17, 15) is 4.79 Å². The van der Waals surface area contributed by atoms with Crippen molar-refractivity contribution in [1.82, 2.24) is 0 Å². The molecule has 0 saturated heterocycles. The summed E-state index contributed by atoms with van der Waals surface area (Å²) in [6.45, 7) is 2.09. The summed E-state index contributed by atoms with van der Waals surface area (Å²) >= 11 is 0. The molecular weight excluding hydrogens is 395 g/mol. The highest BCUT2D eigenvalue weighted by Gasteiger charge is 2.23. The maximum atomic E-state index is 12.1.